The highest BCUT2D eigenvalue weighted by atomic mass is 16.5. The number of hydrogen-bond donors (Lipinski definition) is 0. The second kappa shape index (κ2) is 2.50. The van der Waals surface area contributed by atoms with Gasteiger partial charge in [0.15, 0.2) is 0 Å². The lowest BCUT2D eigenvalue weighted by Crippen LogP contribution is -2.53. The minimum atomic E-state index is 0.300. The predicted octanol–water partition coefficient (Wildman–Crippen LogP) is 3.30. The third-order valence-electron chi connectivity index (χ3n) is 15.2. The molecule has 1 nitrogen and oxygen atoms in total. The molecule has 14 rings (SSSR count). The largest absolute Gasteiger partial charge is 0.485 e. The summed E-state index contributed by atoms with van der Waals surface area (Å²) < 4.78 is 7.43. The first-order valence-corrected chi connectivity index (χ1v) is 12.2. The fourth-order valence-electron chi connectivity index (χ4n) is 17.3. The van der Waals surface area contributed by atoms with Gasteiger partial charge in [0.25, 0.3) is 0 Å². The normalized spacial score (nSPS) is 89.3. The standard InChI is InChI=1S/C26H22O/c1-2-4-6-5(3-1)25-21-15-9-7-8-11-13(9)19(21)23-17(11)18-12(8)14-10(7)16(15)22(25)20(14)24(18)26(23,25)27-6/h1-4,7-24H/t7?,8?,9-,10+,11-,12-,13+,14-,15+,16+,17-,18+,19-,20-,21+,22+,23-,24-,25?,26?/m1/s1. The van der Waals surface area contributed by atoms with E-state index in [4.69, 9.17) is 4.74 Å². The van der Waals surface area contributed by atoms with Gasteiger partial charge in [0, 0.05) is 22.8 Å². The Morgan fingerprint density at radius 3 is 1.63 bits per heavy atom. The molecule has 13 aliphatic rings. The molecule has 0 aromatic heterocycles. The summed E-state index contributed by atoms with van der Waals surface area (Å²) in [6.07, 6.45) is 0. The molecule has 1 aromatic rings. The van der Waals surface area contributed by atoms with Crippen molar-refractivity contribution in [2.75, 3.05) is 0 Å². The molecule has 0 N–H and O–H groups in total. The molecule has 12 saturated carbocycles. The Morgan fingerprint density at radius 1 is 0.519 bits per heavy atom. The number of hydrogen-bond acceptors (Lipinski definition) is 1. The maximum atomic E-state index is 7.43. The highest BCUT2D eigenvalue weighted by Gasteiger charge is 3.07. The number of fused-ring (bicyclic) bond motifs is 1. The summed E-state index contributed by atoms with van der Waals surface area (Å²) in [6, 6.07) is 9.55. The van der Waals surface area contributed by atoms with E-state index in [1.54, 1.807) is 5.56 Å². The van der Waals surface area contributed by atoms with Gasteiger partial charge in [0.2, 0.25) is 0 Å². The molecule has 12 fully saturated rings. The summed E-state index contributed by atoms with van der Waals surface area (Å²) in [5.41, 5.74) is 2.55. The van der Waals surface area contributed by atoms with E-state index in [0.29, 0.717) is 11.0 Å². The summed E-state index contributed by atoms with van der Waals surface area (Å²) >= 11 is 0. The topological polar surface area (TPSA) is 9.23 Å². The first kappa shape index (κ1) is 11.3. The van der Waals surface area contributed by atoms with Gasteiger partial charge in [-0.15, -0.1) is 0 Å². The van der Waals surface area contributed by atoms with Gasteiger partial charge in [-0.3, -0.25) is 0 Å². The Morgan fingerprint density at radius 2 is 1.00 bits per heavy atom. The van der Waals surface area contributed by atoms with Crippen LogP contribution in [0, 0.1) is 107 Å². The lowest BCUT2D eigenvalue weighted by molar-refractivity contribution is -0.0228. The molecule has 1 heteroatoms. The summed E-state index contributed by atoms with van der Waals surface area (Å²) in [7, 11) is 0. The molecule has 0 amide bonds. The third kappa shape index (κ3) is 0.559. The monoisotopic (exact) mass is 350 g/mol. The second-order valence-electron chi connectivity index (χ2n) is 13.4. The molecule has 132 valence electrons. The summed E-state index contributed by atoms with van der Waals surface area (Å²) in [4.78, 5) is 0. The summed E-state index contributed by atoms with van der Waals surface area (Å²) in [6.45, 7) is 0. The minimum absolute atomic E-state index is 0.300. The molecule has 12 aliphatic carbocycles. The zero-order chi connectivity index (χ0) is 16.1. The van der Waals surface area contributed by atoms with Crippen LogP contribution in [-0.4, -0.2) is 5.60 Å². The van der Waals surface area contributed by atoms with Crippen molar-refractivity contribution < 1.29 is 4.74 Å². The van der Waals surface area contributed by atoms with Crippen molar-refractivity contribution in [2.24, 2.45) is 107 Å². The van der Waals surface area contributed by atoms with Crippen molar-refractivity contribution >= 4 is 0 Å². The highest BCUT2D eigenvalue weighted by molar-refractivity contribution is 5.63. The zero-order valence-corrected chi connectivity index (χ0v) is 15.1. The molecule has 4 unspecified atom stereocenters. The van der Waals surface area contributed by atoms with E-state index in [-0.39, 0.29) is 0 Å². The van der Waals surface area contributed by atoms with E-state index in [2.05, 4.69) is 24.3 Å². The lowest BCUT2D eigenvalue weighted by Gasteiger charge is -2.42. The fraction of sp³-hybridized carbons (Fsp3) is 0.769. The molecule has 1 aliphatic heterocycles. The predicted molar refractivity (Wildman–Crippen MR) is 94.3 cm³/mol. The first-order chi connectivity index (χ1) is 13.4. The highest BCUT2D eigenvalue weighted by Crippen LogP contribution is 3.05. The van der Waals surface area contributed by atoms with Crippen LogP contribution in [0.15, 0.2) is 24.3 Å². The van der Waals surface area contributed by atoms with Crippen LogP contribution < -0.4 is 4.74 Å². The van der Waals surface area contributed by atoms with E-state index in [1.807, 2.05) is 0 Å². The van der Waals surface area contributed by atoms with E-state index < -0.39 is 0 Å². The maximum absolute atomic E-state index is 7.43. The van der Waals surface area contributed by atoms with Crippen molar-refractivity contribution in [1.29, 1.82) is 0 Å². The smallest absolute Gasteiger partial charge is 0.126 e. The Balaban J connectivity index is 1.35. The quantitative estimate of drug-likeness (QED) is 0.698. The second-order valence-corrected chi connectivity index (χ2v) is 13.4. The zero-order valence-electron chi connectivity index (χ0n) is 15.1. The Labute approximate surface area is 158 Å². The first-order valence-electron chi connectivity index (χ1n) is 12.2. The van der Waals surface area contributed by atoms with Crippen LogP contribution in [0.4, 0.5) is 0 Å². The number of rotatable bonds is 0. The lowest BCUT2D eigenvalue weighted by atomic mass is 9.62. The Hall–Kier alpha value is -0.980. The molecule has 20 atom stereocenters. The maximum Gasteiger partial charge on any atom is 0.126 e. The molecule has 2 spiro atoms. The van der Waals surface area contributed by atoms with Gasteiger partial charge in [0.05, 0.1) is 0 Å². The third-order valence-corrected chi connectivity index (χ3v) is 15.2. The average Bonchev–Trinajstić information content (AvgIpc) is 3.39. The molecule has 0 radical (unpaired) electrons. The van der Waals surface area contributed by atoms with Gasteiger partial charge in [-0.1, -0.05) is 18.2 Å². The van der Waals surface area contributed by atoms with Crippen molar-refractivity contribution in [2.45, 2.75) is 11.0 Å². The van der Waals surface area contributed by atoms with Gasteiger partial charge in [-0.2, -0.15) is 0 Å². The van der Waals surface area contributed by atoms with E-state index >= 15 is 0 Å². The van der Waals surface area contributed by atoms with Crippen molar-refractivity contribution in [3.63, 3.8) is 0 Å². The molecule has 1 aromatic carbocycles. The van der Waals surface area contributed by atoms with Crippen LogP contribution in [0.25, 0.3) is 0 Å². The molecular weight excluding hydrogens is 328 g/mol. The molecular formula is C26H22O. The van der Waals surface area contributed by atoms with Gasteiger partial charge < -0.3 is 4.74 Å². The van der Waals surface area contributed by atoms with E-state index in [0.717, 1.165) is 59.2 Å². The number of para-hydroxylation sites is 1. The molecule has 27 heavy (non-hydrogen) atoms. The van der Waals surface area contributed by atoms with Crippen LogP contribution in [0.3, 0.4) is 0 Å². The van der Waals surface area contributed by atoms with Gasteiger partial charge in [-0.05, 0) is 101 Å². The van der Waals surface area contributed by atoms with Crippen LogP contribution in [-0.2, 0) is 5.41 Å². The Bertz CT molecular complexity index is 1080. The SMILES string of the molecule is c1ccc2c(c1)OC13[C@@H]4[C@@H]5[C@@H]6C7C8[C@@H]9[C@@H]6[C@@H]4[C@@H]4[C@@H]9[C@@H]6[C@@H]8[C@@H]8[C@@H]7[C@@H]5[C@@H]1[C@H]8[C@H]6C243. The van der Waals surface area contributed by atoms with Gasteiger partial charge in [-0.25, -0.2) is 0 Å². The summed E-state index contributed by atoms with van der Waals surface area (Å²) in [5, 5.41) is 0. The van der Waals surface area contributed by atoms with E-state index in [1.165, 1.54) is 53.1 Å². The average molecular weight is 350 g/mol. The summed E-state index contributed by atoms with van der Waals surface area (Å²) in [5.74, 6) is 21.8. The van der Waals surface area contributed by atoms with Crippen LogP contribution >= 0.6 is 0 Å². The van der Waals surface area contributed by atoms with E-state index in [9.17, 15) is 0 Å². The van der Waals surface area contributed by atoms with Crippen LogP contribution in [0.2, 0.25) is 0 Å². The van der Waals surface area contributed by atoms with Crippen LogP contribution in [0.1, 0.15) is 5.56 Å². The van der Waals surface area contributed by atoms with Crippen molar-refractivity contribution in [3.8, 4) is 5.75 Å². The molecule has 0 bridgehead atoms. The van der Waals surface area contributed by atoms with Crippen molar-refractivity contribution in [1.82, 2.24) is 0 Å². The Kier molecular flexibility index (Phi) is 1.04. The van der Waals surface area contributed by atoms with Gasteiger partial charge in [0.1, 0.15) is 11.4 Å². The molecule has 1 heterocycles. The molecule has 0 saturated heterocycles. The number of ether oxygens (including phenoxy) is 1. The van der Waals surface area contributed by atoms with Crippen LogP contribution in [0.5, 0.6) is 5.75 Å². The minimum Gasteiger partial charge on any atom is -0.485 e. The fourth-order valence-corrected chi connectivity index (χ4v) is 17.3. The number of benzene rings is 1. The van der Waals surface area contributed by atoms with Gasteiger partial charge >= 0.3 is 0 Å². The van der Waals surface area contributed by atoms with Crippen molar-refractivity contribution in [3.05, 3.63) is 29.8 Å².